The van der Waals surface area contributed by atoms with Crippen molar-refractivity contribution in [2.45, 2.75) is 21.3 Å². The van der Waals surface area contributed by atoms with Crippen LogP contribution in [0.5, 0.6) is 0 Å². The number of thiophene rings is 1. The number of sulfonamides is 1. The fraction of sp³-hybridized carbons (Fsp3) is 0.353. The van der Waals surface area contributed by atoms with Crippen molar-refractivity contribution in [3.05, 3.63) is 47.8 Å². The normalized spacial score (nSPS) is 12.9. The zero-order valence-electron chi connectivity index (χ0n) is 15.2. The average Bonchev–Trinajstić information content (AvgIpc) is 3.17. The third-order valence-electron chi connectivity index (χ3n) is 3.33. The van der Waals surface area contributed by atoms with Gasteiger partial charge in [-0.1, -0.05) is 31.2 Å². The molecule has 6 nitrogen and oxygen atoms in total. The molecular formula is C17H25IN4O2S3. The maximum absolute atomic E-state index is 12.0. The highest BCUT2D eigenvalue weighted by atomic mass is 127. The zero-order chi connectivity index (χ0) is 18.8. The van der Waals surface area contributed by atoms with Gasteiger partial charge in [0.05, 0.1) is 0 Å². The number of hydrogen-bond acceptors (Lipinski definition) is 5. The summed E-state index contributed by atoms with van der Waals surface area (Å²) < 4.78 is 26.9. The molecule has 2 aromatic rings. The van der Waals surface area contributed by atoms with Crippen molar-refractivity contribution in [2.24, 2.45) is 4.99 Å². The van der Waals surface area contributed by atoms with Crippen molar-refractivity contribution in [1.82, 2.24) is 15.4 Å². The molecule has 0 bridgehead atoms. The standard InChI is InChI=1S/C17H24N4O2S3.HI/c1-14(25-15-7-4-3-5-8-15)13-20-17(18-2)19-10-11-21-26(22,23)16-9-6-12-24-16;/h3-9,12,14,21H,10-11,13H2,1-2H3,(H2,18,19,20);1H. The fourth-order valence-corrected chi connectivity index (χ4v) is 5.10. The number of thioether (sulfide) groups is 1. The molecule has 2 rings (SSSR count). The van der Waals surface area contributed by atoms with E-state index in [1.807, 2.05) is 18.2 Å². The van der Waals surface area contributed by atoms with E-state index in [4.69, 9.17) is 0 Å². The predicted molar refractivity (Wildman–Crippen MR) is 126 cm³/mol. The van der Waals surface area contributed by atoms with Gasteiger partial charge in [0, 0.05) is 36.8 Å². The van der Waals surface area contributed by atoms with Gasteiger partial charge in [0.2, 0.25) is 10.0 Å². The molecule has 3 N–H and O–H groups in total. The van der Waals surface area contributed by atoms with Gasteiger partial charge in [0.1, 0.15) is 4.21 Å². The Labute approximate surface area is 186 Å². The van der Waals surface area contributed by atoms with E-state index in [-0.39, 0.29) is 30.5 Å². The molecule has 10 heteroatoms. The van der Waals surface area contributed by atoms with Crippen molar-refractivity contribution in [1.29, 1.82) is 0 Å². The Morgan fingerprint density at radius 3 is 2.52 bits per heavy atom. The van der Waals surface area contributed by atoms with Crippen LogP contribution in [0.4, 0.5) is 0 Å². The zero-order valence-corrected chi connectivity index (χ0v) is 20.0. The molecule has 0 aliphatic carbocycles. The third kappa shape index (κ3) is 8.81. The van der Waals surface area contributed by atoms with Crippen LogP contribution in [-0.2, 0) is 10.0 Å². The summed E-state index contributed by atoms with van der Waals surface area (Å²) in [4.78, 5) is 5.39. The topological polar surface area (TPSA) is 82.6 Å². The summed E-state index contributed by atoms with van der Waals surface area (Å²) in [5, 5.41) is 8.48. The third-order valence-corrected chi connectivity index (χ3v) is 7.30. The largest absolute Gasteiger partial charge is 0.355 e. The van der Waals surface area contributed by atoms with Crippen LogP contribution in [0.2, 0.25) is 0 Å². The van der Waals surface area contributed by atoms with Gasteiger partial charge in [-0.15, -0.1) is 47.1 Å². The SMILES string of the molecule is CN=C(NCCNS(=O)(=O)c1cccs1)NCC(C)Sc1ccccc1.I. The van der Waals surface area contributed by atoms with Gasteiger partial charge in [-0.25, -0.2) is 13.1 Å². The van der Waals surface area contributed by atoms with Crippen LogP contribution in [0, 0.1) is 0 Å². The summed E-state index contributed by atoms with van der Waals surface area (Å²) in [7, 11) is -1.72. The molecular weight excluding hydrogens is 515 g/mol. The molecule has 0 saturated heterocycles. The maximum Gasteiger partial charge on any atom is 0.250 e. The van der Waals surface area contributed by atoms with E-state index in [1.165, 1.54) is 16.2 Å². The van der Waals surface area contributed by atoms with E-state index in [2.05, 4.69) is 39.4 Å². The van der Waals surface area contributed by atoms with Crippen molar-refractivity contribution < 1.29 is 8.42 Å². The van der Waals surface area contributed by atoms with Crippen LogP contribution in [0.1, 0.15) is 6.92 Å². The maximum atomic E-state index is 12.0. The minimum atomic E-state index is -3.42. The van der Waals surface area contributed by atoms with Crippen molar-refractivity contribution in [2.75, 3.05) is 26.7 Å². The van der Waals surface area contributed by atoms with Gasteiger partial charge >= 0.3 is 0 Å². The Balaban J connectivity index is 0.00000364. The predicted octanol–water partition coefficient (Wildman–Crippen LogP) is 2.99. The average molecular weight is 541 g/mol. The van der Waals surface area contributed by atoms with E-state index >= 15 is 0 Å². The molecule has 150 valence electrons. The fourth-order valence-electron chi connectivity index (χ4n) is 2.09. The number of hydrogen-bond donors (Lipinski definition) is 3. The Morgan fingerprint density at radius 1 is 1.15 bits per heavy atom. The van der Waals surface area contributed by atoms with Gasteiger partial charge in [0.25, 0.3) is 0 Å². The summed E-state index contributed by atoms with van der Waals surface area (Å²) in [6.07, 6.45) is 0. The van der Waals surface area contributed by atoms with Gasteiger partial charge in [-0.05, 0) is 23.6 Å². The van der Waals surface area contributed by atoms with E-state index in [1.54, 1.807) is 36.3 Å². The van der Waals surface area contributed by atoms with Gasteiger partial charge in [0.15, 0.2) is 5.96 Å². The summed E-state index contributed by atoms with van der Waals surface area (Å²) in [6.45, 7) is 3.63. The van der Waals surface area contributed by atoms with Gasteiger partial charge in [-0.3, -0.25) is 4.99 Å². The van der Waals surface area contributed by atoms with Crippen molar-refractivity contribution in [3.8, 4) is 0 Å². The van der Waals surface area contributed by atoms with Crippen LogP contribution < -0.4 is 15.4 Å². The molecule has 1 aromatic carbocycles. The first-order valence-corrected chi connectivity index (χ1v) is 11.4. The molecule has 1 heterocycles. The highest BCUT2D eigenvalue weighted by Crippen LogP contribution is 2.21. The van der Waals surface area contributed by atoms with E-state index in [0.717, 1.165) is 6.54 Å². The molecule has 0 aliphatic heterocycles. The highest BCUT2D eigenvalue weighted by molar-refractivity contribution is 14.0. The first-order chi connectivity index (χ1) is 12.5. The Morgan fingerprint density at radius 2 is 1.89 bits per heavy atom. The summed E-state index contributed by atoms with van der Waals surface area (Å²) in [5.41, 5.74) is 0. The first kappa shape index (κ1) is 24.2. The number of rotatable bonds is 9. The summed E-state index contributed by atoms with van der Waals surface area (Å²) >= 11 is 2.99. The van der Waals surface area contributed by atoms with Crippen LogP contribution in [0.15, 0.2) is 61.9 Å². The second-order valence-corrected chi connectivity index (χ2v) is 9.90. The molecule has 0 saturated carbocycles. The van der Waals surface area contributed by atoms with Crippen LogP contribution >= 0.6 is 47.1 Å². The van der Waals surface area contributed by atoms with E-state index in [0.29, 0.717) is 22.0 Å². The smallest absolute Gasteiger partial charge is 0.250 e. The Kier molecular flexibility index (Phi) is 11.3. The van der Waals surface area contributed by atoms with Gasteiger partial charge in [-0.2, -0.15) is 0 Å². The first-order valence-electron chi connectivity index (χ1n) is 8.20. The Hall–Kier alpha value is -0.820. The van der Waals surface area contributed by atoms with Crippen molar-refractivity contribution in [3.63, 3.8) is 0 Å². The quantitative estimate of drug-likeness (QED) is 0.150. The lowest BCUT2D eigenvalue weighted by Crippen LogP contribution is -2.43. The summed E-state index contributed by atoms with van der Waals surface area (Å²) in [5.74, 6) is 0.654. The lowest BCUT2D eigenvalue weighted by molar-refractivity contribution is 0.582. The van der Waals surface area contributed by atoms with E-state index in [9.17, 15) is 8.42 Å². The van der Waals surface area contributed by atoms with Crippen LogP contribution in [-0.4, -0.2) is 46.3 Å². The second kappa shape index (κ2) is 12.6. The number of benzene rings is 1. The number of nitrogens with one attached hydrogen (secondary N) is 3. The summed E-state index contributed by atoms with van der Waals surface area (Å²) in [6, 6.07) is 13.6. The molecule has 0 spiro atoms. The number of nitrogens with zero attached hydrogens (tertiary/aromatic N) is 1. The molecule has 1 unspecified atom stereocenters. The van der Waals surface area contributed by atoms with Crippen LogP contribution in [0.25, 0.3) is 0 Å². The number of halogens is 1. The lowest BCUT2D eigenvalue weighted by Gasteiger charge is -2.16. The Bertz CT molecular complexity index is 784. The molecule has 1 atom stereocenters. The molecule has 27 heavy (non-hydrogen) atoms. The molecule has 0 aliphatic rings. The number of aliphatic imine (C=N–C) groups is 1. The highest BCUT2D eigenvalue weighted by Gasteiger charge is 2.13. The number of guanidine groups is 1. The van der Waals surface area contributed by atoms with Crippen molar-refractivity contribution >= 4 is 63.1 Å². The minimum absolute atomic E-state index is 0. The minimum Gasteiger partial charge on any atom is -0.355 e. The molecule has 1 aromatic heterocycles. The molecule has 0 radical (unpaired) electrons. The van der Waals surface area contributed by atoms with Crippen LogP contribution in [0.3, 0.4) is 0 Å². The van der Waals surface area contributed by atoms with Gasteiger partial charge < -0.3 is 10.6 Å². The second-order valence-electron chi connectivity index (χ2n) is 5.45. The van der Waals surface area contributed by atoms with E-state index < -0.39 is 10.0 Å². The monoisotopic (exact) mass is 540 g/mol. The lowest BCUT2D eigenvalue weighted by atomic mass is 10.4. The molecule has 0 fully saturated rings. The molecule has 0 amide bonds.